The number of nitrogens with two attached hydrogens (primary N) is 1. The van der Waals surface area contributed by atoms with Gasteiger partial charge < -0.3 is 20.1 Å². The molecular formula is C19H30N2O3. The molecule has 1 heterocycles. The third-order valence-corrected chi connectivity index (χ3v) is 4.45. The number of rotatable bonds is 4. The van der Waals surface area contributed by atoms with Crippen molar-refractivity contribution in [1.82, 2.24) is 4.90 Å². The Balaban J connectivity index is 2.10. The summed E-state index contributed by atoms with van der Waals surface area (Å²) in [4.78, 5) is 14.2. The largest absolute Gasteiger partial charge is 0.497 e. The Labute approximate surface area is 145 Å². The van der Waals surface area contributed by atoms with Crippen molar-refractivity contribution in [2.24, 2.45) is 11.7 Å². The Hall–Kier alpha value is -1.75. The molecule has 1 aromatic rings. The predicted octanol–water partition coefficient (Wildman–Crippen LogP) is 3.38. The van der Waals surface area contributed by atoms with Crippen LogP contribution in [0.5, 0.6) is 5.75 Å². The van der Waals surface area contributed by atoms with Crippen LogP contribution in [-0.2, 0) is 4.74 Å². The first-order valence-electron chi connectivity index (χ1n) is 8.66. The second-order valence-electron chi connectivity index (χ2n) is 7.45. The number of nitrogens with zero attached hydrogens (tertiary/aromatic N) is 1. The second kappa shape index (κ2) is 7.88. The van der Waals surface area contributed by atoms with Gasteiger partial charge in [0.25, 0.3) is 0 Å². The first kappa shape index (κ1) is 18.6. The lowest BCUT2D eigenvalue weighted by Gasteiger charge is -2.37. The second-order valence-corrected chi connectivity index (χ2v) is 7.45. The van der Waals surface area contributed by atoms with Crippen LogP contribution in [0.25, 0.3) is 0 Å². The molecule has 1 saturated heterocycles. The SMILES string of the molecule is COc1cccc(C(CN)C2CCCN(C(=O)OC(C)(C)C)C2)c1. The number of hydrogen-bond donors (Lipinski definition) is 1. The number of piperidine rings is 1. The summed E-state index contributed by atoms with van der Waals surface area (Å²) >= 11 is 0. The zero-order valence-electron chi connectivity index (χ0n) is 15.2. The van der Waals surface area contributed by atoms with Gasteiger partial charge in [-0.3, -0.25) is 0 Å². The van der Waals surface area contributed by atoms with Crippen molar-refractivity contribution in [3.63, 3.8) is 0 Å². The molecule has 5 nitrogen and oxygen atoms in total. The molecule has 134 valence electrons. The molecule has 0 bridgehead atoms. The van der Waals surface area contributed by atoms with Gasteiger partial charge in [0.2, 0.25) is 0 Å². The highest BCUT2D eigenvalue weighted by atomic mass is 16.6. The molecule has 0 saturated carbocycles. The standard InChI is InChI=1S/C19H30N2O3/c1-19(2,3)24-18(22)21-10-6-8-15(13-21)17(12-20)14-7-5-9-16(11-14)23-4/h5,7,9,11,15,17H,6,8,10,12-13,20H2,1-4H3. The number of hydrogen-bond acceptors (Lipinski definition) is 4. The maximum absolute atomic E-state index is 12.4. The number of likely N-dealkylation sites (tertiary alicyclic amines) is 1. The van der Waals surface area contributed by atoms with Gasteiger partial charge in [0, 0.05) is 19.0 Å². The molecule has 24 heavy (non-hydrogen) atoms. The Bertz CT molecular complexity index is 554. The van der Waals surface area contributed by atoms with Crippen LogP contribution < -0.4 is 10.5 Å². The Kier molecular flexibility index (Phi) is 6.10. The summed E-state index contributed by atoms with van der Waals surface area (Å²) < 4.78 is 10.8. The van der Waals surface area contributed by atoms with Gasteiger partial charge >= 0.3 is 6.09 Å². The summed E-state index contributed by atoms with van der Waals surface area (Å²) in [6, 6.07) is 8.06. The third kappa shape index (κ3) is 4.87. The number of benzene rings is 1. The van der Waals surface area contributed by atoms with E-state index in [1.807, 2.05) is 43.9 Å². The molecule has 2 atom stereocenters. The third-order valence-electron chi connectivity index (χ3n) is 4.45. The van der Waals surface area contributed by atoms with Gasteiger partial charge in [-0.25, -0.2) is 4.79 Å². The summed E-state index contributed by atoms with van der Waals surface area (Å²) in [6.07, 6.45) is 1.82. The quantitative estimate of drug-likeness (QED) is 0.917. The molecule has 1 aliphatic rings. The van der Waals surface area contributed by atoms with Crippen LogP contribution in [-0.4, -0.2) is 43.3 Å². The highest BCUT2D eigenvalue weighted by Gasteiger charge is 2.32. The molecule has 0 radical (unpaired) electrons. The normalized spacial score (nSPS) is 19.7. The topological polar surface area (TPSA) is 64.8 Å². The predicted molar refractivity (Wildman–Crippen MR) is 95.3 cm³/mol. The average molecular weight is 334 g/mol. The fraction of sp³-hybridized carbons (Fsp3) is 0.632. The number of amides is 1. The Morgan fingerprint density at radius 2 is 2.17 bits per heavy atom. The van der Waals surface area contributed by atoms with Gasteiger partial charge in [-0.05, 0) is 63.8 Å². The number of carbonyl (C=O) groups excluding carboxylic acids is 1. The van der Waals surface area contributed by atoms with Crippen LogP contribution in [0.1, 0.15) is 45.1 Å². The minimum Gasteiger partial charge on any atom is -0.497 e. The summed E-state index contributed by atoms with van der Waals surface area (Å²) in [5.41, 5.74) is 6.78. The minimum atomic E-state index is -0.468. The molecule has 0 aromatic heterocycles. The Morgan fingerprint density at radius 3 is 2.79 bits per heavy atom. The molecule has 1 aromatic carbocycles. The van der Waals surface area contributed by atoms with E-state index in [-0.39, 0.29) is 12.0 Å². The smallest absolute Gasteiger partial charge is 0.410 e. The summed E-state index contributed by atoms with van der Waals surface area (Å²) in [6.45, 7) is 7.68. The minimum absolute atomic E-state index is 0.213. The fourth-order valence-electron chi connectivity index (χ4n) is 3.30. The maximum atomic E-state index is 12.4. The van der Waals surface area contributed by atoms with Gasteiger partial charge in [0.05, 0.1) is 7.11 Å². The molecule has 2 rings (SSSR count). The van der Waals surface area contributed by atoms with Gasteiger partial charge in [0.15, 0.2) is 0 Å². The molecule has 0 spiro atoms. The molecule has 5 heteroatoms. The average Bonchev–Trinajstić information content (AvgIpc) is 2.54. The molecular weight excluding hydrogens is 304 g/mol. The van der Waals surface area contributed by atoms with E-state index in [1.54, 1.807) is 7.11 Å². The monoisotopic (exact) mass is 334 g/mol. The zero-order valence-corrected chi connectivity index (χ0v) is 15.2. The van der Waals surface area contributed by atoms with Crippen molar-refractivity contribution in [3.8, 4) is 5.75 Å². The molecule has 2 N–H and O–H groups in total. The van der Waals surface area contributed by atoms with Crippen LogP contribution in [0.2, 0.25) is 0 Å². The van der Waals surface area contributed by atoms with E-state index in [9.17, 15) is 4.79 Å². The van der Waals surface area contributed by atoms with E-state index < -0.39 is 5.60 Å². The van der Waals surface area contributed by atoms with Crippen molar-refractivity contribution in [2.75, 3.05) is 26.7 Å². The van der Waals surface area contributed by atoms with Crippen molar-refractivity contribution < 1.29 is 14.3 Å². The van der Waals surface area contributed by atoms with Crippen molar-refractivity contribution >= 4 is 6.09 Å². The molecule has 1 aliphatic heterocycles. The number of carbonyl (C=O) groups is 1. The van der Waals surface area contributed by atoms with E-state index in [0.717, 1.165) is 25.1 Å². The summed E-state index contributed by atoms with van der Waals surface area (Å²) in [5, 5.41) is 0. The molecule has 1 fully saturated rings. The summed E-state index contributed by atoms with van der Waals surface area (Å²) in [7, 11) is 1.67. The van der Waals surface area contributed by atoms with Crippen LogP contribution in [0.4, 0.5) is 4.79 Å². The highest BCUT2D eigenvalue weighted by Crippen LogP contribution is 2.33. The van der Waals surface area contributed by atoms with Crippen molar-refractivity contribution in [2.45, 2.75) is 45.1 Å². The van der Waals surface area contributed by atoms with Crippen molar-refractivity contribution in [3.05, 3.63) is 29.8 Å². The maximum Gasteiger partial charge on any atom is 0.410 e. The lowest BCUT2D eigenvalue weighted by Crippen LogP contribution is -2.44. The number of ether oxygens (including phenoxy) is 2. The van der Waals surface area contributed by atoms with Crippen molar-refractivity contribution in [1.29, 1.82) is 0 Å². The Morgan fingerprint density at radius 1 is 1.42 bits per heavy atom. The van der Waals surface area contributed by atoms with E-state index in [1.165, 1.54) is 5.56 Å². The van der Waals surface area contributed by atoms with Crippen LogP contribution >= 0.6 is 0 Å². The van der Waals surface area contributed by atoms with Gasteiger partial charge in [0.1, 0.15) is 11.4 Å². The molecule has 0 aliphatic carbocycles. The first-order chi connectivity index (χ1) is 11.3. The van der Waals surface area contributed by atoms with E-state index >= 15 is 0 Å². The van der Waals surface area contributed by atoms with E-state index in [4.69, 9.17) is 15.2 Å². The van der Waals surface area contributed by atoms with E-state index in [2.05, 4.69) is 6.07 Å². The van der Waals surface area contributed by atoms with Crippen LogP contribution in [0.15, 0.2) is 24.3 Å². The lowest BCUT2D eigenvalue weighted by atomic mass is 9.81. The lowest BCUT2D eigenvalue weighted by molar-refractivity contribution is 0.0152. The number of methoxy groups -OCH3 is 1. The summed E-state index contributed by atoms with van der Waals surface area (Å²) in [5.74, 6) is 1.39. The first-order valence-corrected chi connectivity index (χ1v) is 8.66. The van der Waals surface area contributed by atoms with Gasteiger partial charge in [-0.15, -0.1) is 0 Å². The van der Waals surface area contributed by atoms with E-state index in [0.29, 0.717) is 19.0 Å². The zero-order chi connectivity index (χ0) is 17.7. The van der Waals surface area contributed by atoms with Gasteiger partial charge in [-0.2, -0.15) is 0 Å². The van der Waals surface area contributed by atoms with Crippen LogP contribution in [0, 0.1) is 5.92 Å². The molecule has 1 amide bonds. The van der Waals surface area contributed by atoms with Crippen LogP contribution in [0.3, 0.4) is 0 Å². The molecule has 2 unspecified atom stereocenters. The van der Waals surface area contributed by atoms with Gasteiger partial charge in [-0.1, -0.05) is 12.1 Å². The fourth-order valence-corrected chi connectivity index (χ4v) is 3.30. The highest BCUT2D eigenvalue weighted by molar-refractivity contribution is 5.68.